The molecule has 110 valence electrons. The molecule has 3 heterocycles. The van der Waals surface area contributed by atoms with Gasteiger partial charge in [-0.15, -0.1) is 0 Å². The second-order valence-corrected chi connectivity index (χ2v) is 6.82. The number of thioether (sulfide) groups is 1. The molecular formula is C12H18ClN5OS. The van der Waals surface area contributed by atoms with E-state index in [4.69, 9.17) is 16.3 Å². The Hall–Kier alpha value is -0.790. The van der Waals surface area contributed by atoms with E-state index in [-0.39, 0.29) is 5.28 Å². The van der Waals surface area contributed by atoms with Gasteiger partial charge in [0.15, 0.2) is 0 Å². The fourth-order valence-corrected chi connectivity index (χ4v) is 3.54. The van der Waals surface area contributed by atoms with E-state index in [1.807, 2.05) is 11.8 Å². The van der Waals surface area contributed by atoms with Crippen LogP contribution < -0.4 is 9.80 Å². The molecule has 2 saturated heterocycles. The van der Waals surface area contributed by atoms with Crippen LogP contribution in [0.2, 0.25) is 5.28 Å². The van der Waals surface area contributed by atoms with Crippen molar-refractivity contribution in [2.45, 2.75) is 12.2 Å². The lowest BCUT2D eigenvalue weighted by Gasteiger charge is -2.32. The van der Waals surface area contributed by atoms with Gasteiger partial charge < -0.3 is 14.5 Å². The minimum absolute atomic E-state index is 0.266. The van der Waals surface area contributed by atoms with E-state index in [2.05, 4.69) is 31.7 Å². The van der Waals surface area contributed by atoms with Crippen molar-refractivity contribution >= 4 is 35.3 Å². The van der Waals surface area contributed by atoms with E-state index in [9.17, 15) is 0 Å². The molecule has 0 aromatic carbocycles. The van der Waals surface area contributed by atoms with Crippen LogP contribution in [0.3, 0.4) is 0 Å². The summed E-state index contributed by atoms with van der Waals surface area (Å²) in [4.78, 5) is 17.4. The first-order valence-electron chi connectivity index (χ1n) is 6.83. The Bertz CT molecular complexity index is 471. The highest BCUT2D eigenvalue weighted by molar-refractivity contribution is 8.00. The van der Waals surface area contributed by atoms with Crippen molar-refractivity contribution in [1.82, 2.24) is 15.0 Å². The van der Waals surface area contributed by atoms with Crippen LogP contribution in [0.5, 0.6) is 0 Å². The van der Waals surface area contributed by atoms with Gasteiger partial charge in [-0.25, -0.2) is 0 Å². The summed E-state index contributed by atoms with van der Waals surface area (Å²) in [5, 5.41) is 0.855. The van der Waals surface area contributed by atoms with Crippen LogP contribution in [0.25, 0.3) is 0 Å². The highest BCUT2D eigenvalue weighted by Gasteiger charge is 2.22. The molecule has 0 bridgehead atoms. The number of hydrogen-bond acceptors (Lipinski definition) is 7. The number of rotatable bonds is 2. The van der Waals surface area contributed by atoms with Gasteiger partial charge in [-0.3, -0.25) is 0 Å². The zero-order chi connectivity index (χ0) is 13.9. The minimum Gasteiger partial charge on any atom is -0.378 e. The smallest absolute Gasteiger partial charge is 0.231 e. The Morgan fingerprint density at radius 3 is 2.50 bits per heavy atom. The minimum atomic E-state index is 0.266. The highest BCUT2D eigenvalue weighted by atomic mass is 35.5. The Balaban J connectivity index is 1.82. The first-order chi connectivity index (χ1) is 9.72. The van der Waals surface area contributed by atoms with Gasteiger partial charge in [0.2, 0.25) is 17.2 Å². The van der Waals surface area contributed by atoms with Gasteiger partial charge in [-0.1, -0.05) is 6.92 Å². The Morgan fingerprint density at radius 1 is 1.10 bits per heavy atom. The molecule has 1 aromatic rings. The molecule has 0 saturated carbocycles. The fraction of sp³-hybridized carbons (Fsp3) is 0.750. The number of anilines is 2. The molecule has 2 fully saturated rings. The predicted molar refractivity (Wildman–Crippen MR) is 82.0 cm³/mol. The Labute approximate surface area is 127 Å². The maximum atomic E-state index is 6.07. The lowest BCUT2D eigenvalue weighted by molar-refractivity contribution is 0.122. The summed E-state index contributed by atoms with van der Waals surface area (Å²) in [6, 6.07) is 0. The number of halogens is 1. The van der Waals surface area contributed by atoms with Crippen LogP contribution in [-0.4, -0.2) is 65.3 Å². The van der Waals surface area contributed by atoms with Crippen LogP contribution >= 0.6 is 23.4 Å². The summed E-state index contributed by atoms with van der Waals surface area (Å²) in [5.74, 6) is 2.45. The van der Waals surface area contributed by atoms with E-state index >= 15 is 0 Å². The molecule has 1 aromatic heterocycles. The lowest BCUT2D eigenvalue weighted by atomic mass is 10.4. The highest BCUT2D eigenvalue weighted by Crippen LogP contribution is 2.23. The molecule has 0 N–H and O–H groups in total. The summed E-state index contributed by atoms with van der Waals surface area (Å²) in [5.41, 5.74) is 0. The second-order valence-electron chi connectivity index (χ2n) is 4.93. The largest absolute Gasteiger partial charge is 0.378 e. The monoisotopic (exact) mass is 315 g/mol. The number of morpholine rings is 1. The van der Waals surface area contributed by atoms with Crippen molar-refractivity contribution in [2.75, 3.05) is 54.9 Å². The van der Waals surface area contributed by atoms with Crippen LogP contribution in [0.4, 0.5) is 11.9 Å². The average molecular weight is 316 g/mol. The average Bonchev–Trinajstić information content (AvgIpc) is 2.47. The second kappa shape index (κ2) is 6.32. The molecule has 6 nitrogen and oxygen atoms in total. The molecule has 8 heteroatoms. The van der Waals surface area contributed by atoms with E-state index in [0.29, 0.717) is 30.4 Å². The topological polar surface area (TPSA) is 54.4 Å². The van der Waals surface area contributed by atoms with Crippen molar-refractivity contribution in [3.8, 4) is 0 Å². The third-order valence-electron chi connectivity index (χ3n) is 3.40. The first kappa shape index (κ1) is 14.2. The van der Waals surface area contributed by atoms with Gasteiger partial charge >= 0.3 is 0 Å². The van der Waals surface area contributed by atoms with Crippen molar-refractivity contribution in [1.29, 1.82) is 0 Å². The van der Waals surface area contributed by atoms with Crippen LogP contribution in [0, 0.1) is 0 Å². The summed E-state index contributed by atoms with van der Waals surface area (Å²) >= 11 is 8.05. The van der Waals surface area contributed by atoms with Crippen molar-refractivity contribution in [2.24, 2.45) is 0 Å². The number of nitrogens with zero attached hydrogens (tertiary/aromatic N) is 5. The number of hydrogen-bond donors (Lipinski definition) is 0. The maximum Gasteiger partial charge on any atom is 0.231 e. The molecule has 0 amide bonds. The number of ether oxygens (including phenoxy) is 1. The van der Waals surface area contributed by atoms with E-state index < -0.39 is 0 Å². The third-order valence-corrected chi connectivity index (χ3v) is 4.71. The van der Waals surface area contributed by atoms with Crippen LogP contribution in [-0.2, 0) is 4.74 Å². The zero-order valence-corrected chi connectivity index (χ0v) is 13.0. The van der Waals surface area contributed by atoms with E-state index in [1.54, 1.807) is 0 Å². The standard InChI is InChI=1S/C12H18ClN5OS/c1-9-8-18(4-7-20-9)12-15-10(13)14-11(16-12)17-2-5-19-6-3-17/h9H,2-8H2,1H3. The third kappa shape index (κ3) is 3.27. The van der Waals surface area contributed by atoms with Gasteiger partial charge in [0, 0.05) is 37.2 Å². The van der Waals surface area contributed by atoms with Gasteiger partial charge in [0.05, 0.1) is 13.2 Å². The molecule has 20 heavy (non-hydrogen) atoms. The van der Waals surface area contributed by atoms with E-state index in [1.165, 1.54) is 0 Å². The van der Waals surface area contributed by atoms with Gasteiger partial charge in [0.1, 0.15) is 0 Å². The summed E-state index contributed by atoms with van der Waals surface area (Å²) in [6.45, 7) is 7.14. The quantitative estimate of drug-likeness (QED) is 0.815. The lowest BCUT2D eigenvalue weighted by Crippen LogP contribution is -2.40. The number of aromatic nitrogens is 3. The van der Waals surface area contributed by atoms with Gasteiger partial charge in [-0.05, 0) is 11.6 Å². The van der Waals surface area contributed by atoms with Crippen molar-refractivity contribution in [3.05, 3.63) is 5.28 Å². The molecule has 0 aliphatic carbocycles. The molecule has 1 unspecified atom stereocenters. The Kier molecular flexibility index (Phi) is 4.48. The first-order valence-corrected chi connectivity index (χ1v) is 8.26. The molecule has 0 radical (unpaired) electrons. The normalized spacial score (nSPS) is 24.0. The molecule has 3 rings (SSSR count). The summed E-state index contributed by atoms with van der Waals surface area (Å²) < 4.78 is 5.35. The maximum absolute atomic E-state index is 6.07. The van der Waals surface area contributed by atoms with Crippen molar-refractivity contribution in [3.63, 3.8) is 0 Å². The summed E-state index contributed by atoms with van der Waals surface area (Å²) in [6.07, 6.45) is 0. The van der Waals surface area contributed by atoms with Gasteiger partial charge in [-0.2, -0.15) is 26.7 Å². The molecule has 1 atom stereocenters. The Morgan fingerprint density at radius 2 is 1.80 bits per heavy atom. The van der Waals surface area contributed by atoms with Crippen LogP contribution in [0.1, 0.15) is 6.92 Å². The van der Waals surface area contributed by atoms with E-state index in [0.717, 1.165) is 31.9 Å². The molecule has 2 aliphatic rings. The van der Waals surface area contributed by atoms with Gasteiger partial charge in [0.25, 0.3) is 0 Å². The molecular weight excluding hydrogens is 298 g/mol. The van der Waals surface area contributed by atoms with Crippen LogP contribution in [0.15, 0.2) is 0 Å². The summed E-state index contributed by atoms with van der Waals surface area (Å²) in [7, 11) is 0. The molecule has 0 spiro atoms. The predicted octanol–water partition coefficient (Wildman–Crippen LogP) is 1.30. The van der Waals surface area contributed by atoms with Crippen molar-refractivity contribution < 1.29 is 4.74 Å². The fourth-order valence-electron chi connectivity index (χ4n) is 2.38. The SMILES string of the molecule is CC1CN(c2nc(Cl)nc(N3CCOCC3)n2)CCS1. The molecule has 2 aliphatic heterocycles. The zero-order valence-electron chi connectivity index (χ0n) is 11.5.